The van der Waals surface area contributed by atoms with Gasteiger partial charge >= 0.3 is 6.05 Å². The SMILES string of the molecule is C=C(C1=CN(OC)C(F)(F)C=C1)c1cccc(Br)c1. The van der Waals surface area contributed by atoms with Crippen molar-refractivity contribution in [2.24, 2.45) is 0 Å². The van der Waals surface area contributed by atoms with Crippen LogP contribution >= 0.6 is 15.9 Å². The van der Waals surface area contributed by atoms with E-state index >= 15 is 0 Å². The summed E-state index contributed by atoms with van der Waals surface area (Å²) in [6.45, 7) is 3.94. The molecule has 100 valence electrons. The molecule has 0 bridgehead atoms. The lowest BCUT2D eigenvalue weighted by atomic mass is 9.98. The molecule has 1 heterocycles. The lowest BCUT2D eigenvalue weighted by molar-refractivity contribution is -0.250. The minimum Gasteiger partial charge on any atom is -0.272 e. The Morgan fingerprint density at radius 1 is 1.42 bits per heavy atom. The molecular formula is C14H12BrF2NO. The standard InChI is InChI=1S/C14H12BrF2NO/c1-10(11-4-3-5-13(15)8-11)12-6-7-14(16,17)18(9-12)19-2/h3-9H,1H2,2H3. The Kier molecular flexibility index (Phi) is 3.87. The monoisotopic (exact) mass is 327 g/mol. The number of hydrogen-bond acceptors (Lipinski definition) is 2. The first-order valence-electron chi connectivity index (χ1n) is 5.51. The van der Waals surface area contributed by atoms with E-state index in [2.05, 4.69) is 27.3 Å². The van der Waals surface area contributed by atoms with Crippen molar-refractivity contribution in [3.05, 3.63) is 64.8 Å². The van der Waals surface area contributed by atoms with Crippen LogP contribution in [0.3, 0.4) is 0 Å². The number of hydrogen-bond donors (Lipinski definition) is 0. The van der Waals surface area contributed by atoms with Gasteiger partial charge in [0, 0.05) is 22.3 Å². The fraction of sp³-hybridized carbons (Fsp3) is 0.143. The first-order chi connectivity index (χ1) is 8.94. The minimum absolute atomic E-state index is 0.505. The van der Waals surface area contributed by atoms with Crippen molar-refractivity contribution in [2.75, 3.05) is 7.11 Å². The Hall–Kier alpha value is -1.46. The molecule has 1 aliphatic heterocycles. The Labute approximate surface area is 118 Å². The molecular weight excluding hydrogens is 316 g/mol. The molecule has 0 saturated carbocycles. The molecule has 0 saturated heterocycles. The van der Waals surface area contributed by atoms with E-state index in [1.54, 1.807) is 0 Å². The summed E-state index contributed by atoms with van der Waals surface area (Å²) in [6, 6.07) is 4.35. The molecule has 2 rings (SSSR count). The summed E-state index contributed by atoms with van der Waals surface area (Å²) >= 11 is 3.36. The molecule has 1 aromatic carbocycles. The molecule has 1 aliphatic rings. The average Bonchev–Trinajstić information content (AvgIpc) is 2.37. The van der Waals surface area contributed by atoms with Crippen LogP contribution in [0.25, 0.3) is 5.57 Å². The van der Waals surface area contributed by atoms with E-state index in [-0.39, 0.29) is 0 Å². The van der Waals surface area contributed by atoms with Gasteiger partial charge in [-0.25, -0.2) is 0 Å². The third-order valence-electron chi connectivity index (χ3n) is 2.73. The molecule has 0 aromatic heterocycles. The largest absolute Gasteiger partial charge is 0.367 e. The second kappa shape index (κ2) is 5.27. The predicted octanol–water partition coefficient (Wildman–Crippen LogP) is 4.37. The third kappa shape index (κ3) is 2.93. The normalized spacial score (nSPS) is 17.3. The van der Waals surface area contributed by atoms with Gasteiger partial charge in [0.15, 0.2) is 0 Å². The molecule has 0 N–H and O–H groups in total. The summed E-state index contributed by atoms with van der Waals surface area (Å²) < 4.78 is 27.7. The van der Waals surface area contributed by atoms with Crippen LogP contribution in [0, 0.1) is 0 Å². The van der Waals surface area contributed by atoms with Crippen molar-refractivity contribution >= 4 is 21.5 Å². The zero-order chi connectivity index (χ0) is 14.0. The summed E-state index contributed by atoms with van der Waals surface area (Å²) in [7, 11) is 1.20. The molecule has 0 aliphatic carbocycles. The number of benzene rings is 1. The second-order valence-electron chi connectivity index (χ2n) is 4.00. The number of allylic oxidation sites excluding steroid dienone is 3. The highest BCUT2D eigenvalue weighted by Gasteiger charge is 2.35. The fourth-order valence-electron chi connectivity index (χ4n) is 1.71. The highest BCUT2D eigenvalue weighted by molar-refractivity contribution is 9.10. The Bertz CT molecular complexity index is 566. The number of alkyl halides is 2. The maximum absolute atomic E-state index is 13.4. The first-order valence-corrected chi connectivity index (χ1v) is 6.31. The number of halogens is 3. The summed E-state index contributed by atoms with van der Waals surface area (Å²) in [6.07, 6.45) is 3.37. The van der Waals surface area contributed by atoms with Gasteiger partial charge in [-0.3, -0.25) is 4.84 Å². The van der Waals surface area contributed by atoms with Gasteiger partial charge in [0.1, 0.15) is 0 Å². The van der Waals surface area contributed by atoms with Crippen LogP contribution in [0.5, 0.6) is 0 Å². The van der Waals surface area contributed by atoms with Gasteiger partial charge in [-0.05, 0) is 29.3 Å². The highest BCUT2D eigenvalue weighted by atomic mass is 79.9. The zero-order valence-corrected chi connectivity index (χ0v) is 11.8. The van der Waals surface area contributed by atoms with Gasteiger partial charge in [0.25, 0.3) is 0 Å². The van der Waals surface area contributed by atoms with Gasteiger partial charge in [0.2, 0.25) is 0 Å². The summed E-state index contributed by atoms with van der Waals surface area (Å²) in [5.74, 6) is 0. The second-order valence-corrected chi connectivity index (χ2v) is 4.92. The molecule has 0 fully saturated rings. The molecule has 0 radical (unpaired) electrons. The van der Waals surface area contributed by atoms with E-state index in [4.69, 9.17) is 0 Å². The summed E-state index contributed by atoms with van der Waals surface area (Å²) in [5, 5.41) is 0.505. The predicted molar refractivity (Wildman–Crippen MR) is 74.2 cm³/mol. The van der Waals surface area contributed by atoms with Crippen molar-refractivity contribution < 1.29 is 13.6 Å². The number of nitrogens with zero attached hydrogens (tertiary/aromatic N) is 1. The highest BCUT2D eigenvalue weighted by Crippen LogP contribution is 2.32. The first kappa shape index (κ1) is 14.0. The van der Waals surface area contributed by atoms with Gasteiger partial charge in [-0.1, -0.05) is 34.6 Å². The molecule has 0 spiro atoms. The van der Waals surface area contributed by atoms with Crippen LogP contribution < -0.4 is 0 Å². The quantitative estimate of drug-likeness (QED) is 0.764. The molecule has 0 unspecified atom stereocenters. The smallest absolute Gasteiger partial charge is 0.272 e. The summed E-state index contributed by atoms with van der Waals surface area (Å²) in [4.78, 5) is 4.65. The van der Waals surface area contributed by atoms with Crippen LogP contribution in [0.1, 0.15) is 5.56 Å². The van der Waals surface area contributed by atoms with Gasteiger partial charge in [0.05, 0.1) is 7.11 Å². The van der Waals surface area contributed by atoms with Crippen molar-refractivity contribution in [1.29, 1.82) is 0 Å². The molecule has 5 heteroatoms. The fourth-order valence-corrected chi connectivity index (χ4v) is 2.11. The van der Waals surface area contributed by atoms with E-state index in [9.17, 15) is 8.78 Å². The van der Waals surface area contributed by atoms with E-state index < -0.39 is 6.05 Å². The average molecular weight is 328 g/mol. The van der Waals surface area contributed by atoms with Crippen LogP contribution in [0.2, 0.25) is 0 Å². The maximum Gasteiger partial charge on any atom is 0.367 e. The Balaban J connectivity index is 2.31. The van der Waals surface area contributed by atoms with Gasteiger partial charge in [-0.2, -0.15) is 13.8 Å². The van der Waals surface area contributed by atoms with E-state index in [1.165, 1.54) is 19.4 Å². The summed E-state index contributed by atoms with van der Waals surface area (Å²) in [5.41, 5.74) is 2.08. The van der Waals surface area contributed by atoms with Crippen molar-refractivity contribution in [3.63, 3.8) is 0 Å². The lowest BCUT2D eigenvalue weighted by Crippen LogP contribution is -2.36. The minimum atomic E-state index is -3.14. The number of hydroxylamine groups is 2. The van der Waals surface area contributed by atoms with Gasteiger partial charge in [-0.15, -0.1) is 0 Å². The van der Waals surface area contributed by atoms with Crippen LogP contribution in [-0.2, 0) is 4.84 Å². The lowest BCUT2D eigenvalue weighted by Gasteiger charge is -2.29. The van der Waals surface area contributed by atoms with E-state index in [0.29, 0.717) is 16.2 Å². The van der Waals surface area contributed by atoms with Crippen LogP contribution in [-0.4, -0.2) is 18.2 Å². The molecule has 19 heavy (non-hydrogen) atoms. The van der Waals surface area contributed by atoms with Crippen LogP contribution in [0.4, 0.5) is 8.78 Å². The molecule has 1 aromatic rings. The maximum atomic E-state index is 13.4. The number of rotatable bonds is 3. The Morgan fingerprint density at radius 3 is 2.79 bits per heavy atom. The molecule has 2 nitrogen and oxygen atoms in total. The van der Waals surface area contributed by atoms with Crippen LogP contribution in [0.15, 0.2) is 59.2 Å². The van der Waals surface area contributed by atoms with Crippen molar-refractivity contribution in [2.45, 2.75) is 6.05 Å². The molecule has 0 atom stereocenters. The third-order valence-corrected chi connectivity index (χ3v) is 3.23. The topological polar surface area (TPSA) is 12.5 Å². The Morgan fingerprint density at radius 2 is 2.16 bits per heavy atom. The van der Waals surface area contributed by atoms with E-state index in [0.717, 1.165) is 16.1 Å². The zero-order valence-electron chi connectivity index (χ0n) is 10.2. The van der Waals surface area contributed by atoms with E-state index in [1.807, 2.05) is 24.3 Å². The van der Waals surface area contributed by atoms with Crippen molar-refractivity contribution in [1.82, 2.24) is 5.06 Å². The molecule has 0 amide bonds. The van der Waals surface area contributed by atoms with Gasteiger partial charge < -0.3 is 0 Å². The van der Waals surface area contributed by atoms with Crippen molar-refractivity contribution in [3.8, 4) is 0 Å².